The van der Waals surface area contributed by atoms with E-state index in [0.717, 1.165) is 16.7 Å². The van der Waals surface area contributed by atoms with Gasteiger partial charge in [0.1, 0.15) is 11.6 Å². The van der Waals surface area contributed by atoms with Gasteiger partial charge in [-0.25, -0.2) is 4.98 Å². The highest BCUT2D eigenvalue weighted by Crippen LogP contribution is 2.45. The zero-order chi connectivity index (χ0) is 61.2. The normalized spacial score (nSPS) is 16.0. The van der Waals surface area contributed by atoms with Crippen molar-refractivity contribution < 1.29 is 25.7 Å². The number of aromatic nitrogens is 3. The van der Waals surface area contributed by atoms with Crippen molar-refractivity contribution in [2.45, 2.75) is 106 Å². The van der Waals surface area contributed by atoms with Gasteiger partial charge in [-0.2, -0.15) is 0 Å². The maximum atomic E-state index is 12.6. The van der Waals surface area contributed by atoms with E-state index in [1.165, 1.54) is 0 Å². The number of hydrogen-bond donors (Lipinski definition) is 1. The quantitative estimate of drug-likeness (QED) is 0.157. The fourth-order valence-corrected chi connectivity index (χ4v) is 8.61. The number of benzene rings is 7. The molecule has 1 N–H and O–H groups in total. The van der Waals surface area contributed by atoms with Crippen molar-refractivity contribution in [2.75, 3.05) is 0 Å². The Morgan fingerprint density at radius 1 is 0.588 bits per heavy atom. The molecule has 9 aromatic rings. The number of phenols is 1. The van der Waals surface area contributed by atoms with Crippen molar-refractivity contribution in [2.24, 2.45) is 0 Å². The average Bonchev–Trinajstić information content (AvgIpc) is 3.00. The molecule has 68 heavy (non-hydrogen) atoms. The summed E-state index contributed by atoms with van der Waals surface area (Å²) in [7, 11) is 0. The Labute approximate surface area is 425 Å². The Hall–Kier alpha value is -7.04. The van der Waals surface area contributed by atoms with E-state index in [4.69, 9.17) is 21.4 Å². The molecule has 0 fully saturated rings. The number of rotatable bonds is 9. The molecule has 2 heterocycles. The minimum atomic E-state index is -3.01. The number of hydrogen-bond acceptors (Lipinski definition) is 3. The molecule has 0 aliphatic heterocycles. The third-order valence-corrected chi connectivity index (χ3v) is 12.5. The Bertz CT molecular complexity index is 4030. The Balaban J connectivity index is 1.41. The number of fused-ring (bicyclic) bond motifs is 1. The summed E-state index contributed by atoms with van der Waals surface area (Å²) in [6, 6.07) is 30.8. The van der Waals surface area contributed by atoms with Crippen LogP contribution in [0.25, 0.3) is 83.9 Å². The summed E-state index contributed by atoms with van der Waals surface area (Å²) >= 11 is 0. The molecule has 0 radical (unpaired) electrons. The molecule has 0 amide bonds. The zero-order valence-corrected chi connectivity index (χ0v) is 40.3. The first-order valence-electron chi connectivity index (χ1n) is 30.3. The van der Waals surface area contributed by atoms with Crippen molar-refractivity contribution >= 4 is 11.0 Å². The van der Waals surface area contributed by atoms with E-state index >= 15 is 0 Å². The van der Waals surface area contributed by atoms with Gasteiger partial charge in [-0.05, 0) is 146 Å². The Morgan fingerprint density at radius 2 is 1.29 bits per heavy atom. The van der Waals surface area contributed by atoms with Crippen molar-refractivity contribution in [3.63, 3.8) is 0 Å². The fraction of sp³-hybridized carbons (Fsp3) is 0.250. The molecular weight excluding hydrogens is 827 g/mol. The van der Waals surface area contributed by atoms with Crippen LogP contribution in [0.5, 0.6) is 5.75 Å². The third kappa shape index (κ3) is 8.93. The van der Waals surface area contributed by atoms with Gasteiger partial charge in [0.2, 0.25) is 0 Å². The Kier molecular flexibility index (Phi) is 8.18. The molecule has 4 nitrogen and oxygen atoms in total. The number of imidazole rings is 1. The number of aryl methyl sites for hydroxylation is 1. The molecule has 4 heteroatoms. The minimum absolute atomic E-state index is 0.0483. The van der Waals surface area contributed by atoms with Crippen LogP contribution in [0.2, 0.25) is 0 Å². The zero-order valence-electron chi connectivity index (χ0n) is 55.3. The second-order valence-corrected chi connectivity index (χ2v) is 20.0. The van der Waals surface area contributed by atoms with Gasteiger partial charge in [0, 0.05) is 33.8 Å². The lowest BCUT2D eigenvalue weighted by Crippen LogP contribution is -2.11. The van der Waals surface area contributed by atoms with Crippen LogP contribution < -0.4 is 0 Å². The van der Waals surface area contributed by atoms with Gasteiger partial charge in [0.15, 0.2) is 0 Å². The minimum Gasteiger partial charge on any atom is -0.507 e. The first-order valence-corrected chi connectivity index (χ1v) is 22.8. The van der Waals surface area contributed by atoms with Crippen LogP contribution in [0, 0.1) is 13.7 Å². The van der Waals surface area contributed by atoms with Crippen LogP contribution in [-0.2, 0) is 10.8 Å². The summed E-state index contributed by atoms with van der Waals surface area (Å²) in [5, 5.41) is 12.6. The standard InChI is InChI=1S/C64H65N3O/c1-39(2)47-35-53(40(3)4)61(68)56(36-47)62-66-60-52(48-32-49(34-51(33-48)64(10,11)12)57-37-46(29-30-65-57)43-23-21-41(5)22-24-43)19-16-20-58(60)67(62)59-31-42(6)54(38-55(59)44-17-14-13-15-18-44)45-25-27-50(28-26-45)63(7,8)9/h13-40,68H,1-12H3/i5D3,6D3,21D,22D,23D,24D,29D,30D,37D,39D,40D. The molecule has 0 atom stereocenters. The van der Waals surface area contributed by atoms with Crippen LogP contribution in [0.3, 0.4) is 0 Å². The lowest BCUT2D eigenvalue weighted by molar-refractivity contribution is 0.466. The summed E-state index contributed by atoms with van der Waals surface area (Å²) in [4.78, 5) is 9.89. The predicted molar refractivity (Wildman–Crippen MR) is 288 cm³/mol. The number of nitrogens with zero attached hydrogens (tertiary/aromatic N) is 3. The van der Waals surface area contributed by atoms with Crippen LogP contribution in [0.1, 0.15) is 135 Å². The summed E-state index contributed by atoms with van der Waals surface area (Å²) in [6.45, 7) is 13.3. The molecule has 0 spiro atoms. The lowest BCUT2D eigenvalue weighted by Gasteiger charge is -2.22. The van der Waals surface area contributed by atoms with E-state index in [1.807, 2.05) is 110 Å². The SMILES string of the molecule is [2H]c1nc(-c2cc(-c3cccc4c3nc(-c3cc(C([2H])(C)C)cc(C([2H])(C)C)c3O)n4-c3cc(C([2H])([2H])[2H])c(-c4ccc(C(C)(C)C)cc4)cc3-c3ccccc3)cc(C(C)(C)C)c2)c([2H])c(-c2c([2H])c([2H])c(C([2H])([2H])[2H])c([2H])c2[2H])c1[2H]. The maximum Gasteiger partial charge on any atom is 0.149 e. The van der Waals surface area contributed by atoms with Crippen molar-refractivity contribution in [1.82, 2.24) is 14.5 Å². The van der Waals surface area contributed by atoms with Gasteiger partial charge in [0.05, 0.1) is 37.6 Å². The van der Waals surface area contributed by atoms with Crippen LogP contribution >= 0.6 is 0 Å². The van der Waals surface area contributed by atoms with Crippen LogP contribution in [0.4, 0.5) is 0 Å². The molecule has 0 bridgehead atoms. The van der Waals surface area contributed by atoms with Gasteiger partial charge < -0.3 is 5.11 Å². The van der Waals surface area contributed by atoms with Gasteiger partial charge in [0.25, 0.3) is 0 Å². The summed E-state index contributed by atoms with van der Waals surface area (Å²) < 4.78 is 134. The predicted octanol–water partition coefficient (Wildman–Crippen LogP) is 17.6. The molecule has 0 saturated carbocycles. The molecule has 0 aliphatic carbocycles. The molecule has 0 aliphatic rings. The van der Waals surface area contributed by atoms with E-state index < -0.39 is 90.0 Å². The fourth-order valence-electron chi connectivity index (χ4n) is 8.61. The second kappa shape index (κ2) is 17.9. The second-order valence-electron chi connectivity index (χ2n) is 20.0. The molecular formula is C64H65N3O. The monoisotopic (exact) mass is 907 g/mol. The van der Waals surface area contributed by atoms with Crippen molar-refractivity contribution in [1.29, 1.82) is 0 Å². The van der Waals surface area contributed by atoms with Gasteiger partial charge >= 0.3 is 0 Å². The first-order chi connectivity index (χ1) is 38.3. The number of para-hydroxylation sites is 1. The maximum absolute atomic E-state index is 12.6. The molecule has 0 unspecified atom stereocenters. The summed E-state index contributed by atoms with van der Waals surface area (Å²) in [6.07, 6.45) is -0.636. The molecule has 0 saturated heterocycles. The van der Waals surface area contributed by atoms with Gasteiger partial charge in [-0.3, -0.25) is 9.55 Å². The van der Waals surface area contributed by atoms with Crippen LogP contribution in [0.15, 0.2) is 158 Å². The summed E-state index contributed by atoms with van der Waals surface area (Å²) in [5.41, 5.74) is 5.17. The lowest BCUT2D eigenvalue weighted by atomic mass is 9.83. The number of aromatic hydroxyl groups is 1. The molecule has 9 rings (SSSR count). The number of pyridine rings is 1. The Morgan fingerprint density at radius 3 is 1.96 bits per heavy atom. The number of phenolic OH excluding ortho intramolecular Hbond substituents is 1. The van der Waals surface area contributed by atoms with E-state index in [2.05, 4.69) is 25.8 Å². The van der Waals surface area contributed by atoms with Gasteiger partial charge in [-0.1, -0.05) is 178 Å². The molecule has 2 aromatic heterocycles. The highest BCUT2D eigenvalue weighted by atomic mass is 16.3. The first kappa shape index (κ1) is 31.1. The van der Waals surface area contributed by atoms with E-state index in [9.17, 15) is 9.22 Å². The smallest absolute Gasteiger partial charge is 0.149 e. The highest BCUT2D eigenvalue weighted by Gasteiger charge is 2.27. The van der Waals surface area contributed by atoms with E-state index in [0.29, 0.717) is 50.1 Å². The largest absolute Gasteiger partial charge is 0.507 e. The van der Waals surface area contributed by atoms with E-state index in [-0.39, 0.29) is 44.9 Å². The summed E-state index contributed by atoms with van der Waals surface area (Å²) in [5.74, 6) is -2.70. The highest BCUT2D eigenvalue weighted by molar-refractivity contribution is 5.98. The van der Waals surface area contributed by atoms with Crippen molar-refractivity contribution in [3.05, 3.63) is 191 Å². The van der Waals surface area contributed by atoms with E-state index in [1.54, 1.807) is 58.0 Å². The average molecular weight is 907 g/mol. The third-order valence-electron chi connectivity index (χ3n) is 12.5. The molecule has 7 aromatic carbocycles. The van der Waals surface area contributed by atoms with Crippen molar-refractivity contribution in [3.8, 4) is 78.6 Å². The molecule has 342 valence electrons. The van der Waals surface area contributed by atoms with Crippen LogP contribution in [-0.4, -0.2) is 19.6 Å². The topological polar surface area (TPSA) is 50.9 Å². The van der Waals surface area contributed by atoms with Gasteiger partial charge in [-0.15, -0.1) is 0 Å².